The second-order valence-electron chi connectivity index (χ2n) is 3.83. The number of amides is 1. The molecule has 0 aliphatic carbocycles. The third-order valence-electron chi connectivity index (χ3n) is 2.48. The number of piperidine rings is 1. The zero-order valence-corrected chi connectivity index (χ0v) is 9.83. The molecule has 1 fully saturated rings. The van der Waals surface area contributed by atoms with Crippen LogP contribution in [-0.2, 0) is 4.79 Å². The Balaban J connectivity index is 0.00000225. The summed E-state index contributed by atoms with van der Waals surface area (Å²) >= 11 is 0. The third-order valence-corrected chi connectivity index (χ3v) is 2.48. The van der Waals surface area contributed by atoms with Crippen LogP contribution in [0.2, 0.25) is 0 Å². The number of carbonyl (C=O) groups is 1. The van der Waals surface area contributed by atoms with Gasteiger partial charge in [-0.05, 0) is 25.9 Å². The van der Waals surface area contributed by atoms with Gasteiger partial charge in [0.15, 0.2) is 0 Å². The van der Waals surface area contributed by atoms with Crippen LogP contribution < -0.4 is 5.32 Å². The maximum Gasteiger partial charge on any atom is 0.406 e. The van der Waals surface area contributed by atoms with Gasteiger partial charge in [0.25, 0.3) is 0 Å². The van der Waals surface area contributed by atoms with E-state index in [2.05, 4.69) is 5.32 Å². The van der Waals surface area contributed by atoms with Crippen molar-refractivity contribution in [1.29, 1.82) is 0 Å². The summed E-state index contributed by atoms with van der Waals surface area (Å²) in [4.78, 5) is 12.3. The van der Waals surface area contributed by atoms with E-state index in [1.54, 1.807) is 0 Å². The highest BCUT2D eigenvalue weighted by Gasteiger charge is 2.33. The van der Waals surface area contributed by atoms with Gasteiger partial charge in [0.2, 0.25) is 5.91 Å². The number of rotatable bonds is 2. The van der Waals surface area contributed by atoms with E-state index in [9.17, 15) is 18.0 Å². The van der Waals surface area contributed by atoms with Crippen molar-refractivity contribution in [2.45, 2.75) is 19.0 Å². The van der Waals surface area contributed by atoms with E-state index >= 15 is 0 Å². The Morgan fingerprint density at radius 3 is 2.31 bits per heavy atom. The molecule has 0 unspecified atom stereocenters. The van der Waals surface area contributed by atoms with Gasteiger partial charge in [-0.2, -0.15) is 13.2 Å². The van der Waals surface area contributed by atoms with Gasteiger partial charge >= 0.3 is 6.18 Å². The predicted molar refractivity (Wildman–Crippen MR) is 56.5 cm³/mol. The number of hydrogen-bond donors (Lipinski definition) is 1. The lowest BCUT2D eigenvalue weighted by atomic mass is 9.97. The van der Waals surface area contributed by atoms with Gasteiger partial charge in [0, 0.05) is 13.0 Å². The molecule has 1 N–H and O–H groups in total. The summed E-state index contributed by atoms with van der Waals surface area (Å²) in [6.45, 7) is 0.252. The minimum atomic E-state index is -4.31. The van der Waals surface area contributed by atoms with Gasteiger partial charge in [0.05, 0.1) is 0 Å². The van der Waals surface area contributed by atoms with Crippen molar-refractivity contribution >= 4 is 18.3 Å². The van der Waals surface area contributed by atoms with E-state index in [1.165, 1.54) is 7.05 Å². The molecule has 1 rings (SSSR count). The van der Waals surface area contributed by atoms with Gasteiger partial charge in [-0.15, -0.1) is 12.4 Å². The molecule has 7 heteroatoms. The van der Waals surface area contributed by atoms with Gasteiger partial charge in [-0.3, -0.25) is 4.79 Å². The molecule has 1 heterocycles. The zero-order chi connectivity index (χ0) is 11.5. The number of carbonyl (C=O) groups excluding carboxylic acids is 1. The van der Waals surface area contributed by atoms with Crippen LogP contribution in [0.3, 0.4) is 0 Å². The Hall–Kier alpha value is -0.490. The highest BCUT2D eigenvalue weighted by molar-refractivity contribution is 5.85. The quantitative estimate of drug-likeness (QED) is 0.815. The Kier molecular flexibility index (Phi) is 6.10. The summed E-state index contributed by atoms with van der Waals surface area (Å²) in [7, 11) is 1.21. The fourth-order valence-electron chi connectivity index (χ4n) is 1.73. The summed E-state index contributed by atoms with van der Waals surface area (Å²) < 4.78 is 36.1. The average Bonchev–Trinajstić information content (AvgIpc) is 2.15. The molecular formula is C9H16ClF3N2O. The topological polar surface area (TPSA) is 32.3 Å². The lowest BCUT2D eigenvalue weighted by Gasteiger charge is -2.27. The van der Waals surface area contributed by atoms with Crippen molar-refractivity contribution in [3.63, 3.8) is 0 Å². The first-order valence-electron chi connectivity index (χ1n) is 4.92. The van der Waals surface area contributed by atoms with Crippen LogP contribution in [0.1, 0.15) is 12.8 Å². The van der Waals surface area contributed by atoms with Crippen LogP contribution in [-0.4, -0.2) is 43.7 Å². The van der Waals surface area contributed by atoms with Gasteiger partial charge in [-0.1, -0.05) is 0 Å². The Morgan fingerprint density at radius 1 is 1.38 bits per heavy atom. The maximum atomic E-state index is 12.0. The lowest BCUT2D eigenvalue weighted by molar-refractivity contribution is -0.161. The predicted octanol–water partition coefficient (Wildman–Crippen LogP) is 1.43. The lowest BCUT2D eigenvalue weighted by Crippen LogP contribution is -2.42. The minimum Gasteiger partial charge on any atom is -0.336 e. The van der Waals surface area contributed by atoms with Crippen molar-refractivity contribution in [3.8, 4) is 0 Å². The number of hydrogen-bond acceptors (Lipinski definition) is 2. The zero-order valence-electron chi connectivity index (χ0n) is 9.01. The number of alkyl halides is 3. The standard InChI is InChI=1S/C9H15F3N2O.ClH/c1-14(6-9(10,11)12)8(15)7-2-4-13-5-3-7;/h7,13H,2-6H2,1H3;1H. The molecule has 0 radical (unpaired) electrons. The second-order valence-corrected chi connectivity index (χ2v) is 3.83. The Bertz CT molecular complexity index is 229. The molecular weight excluding hydrogens is 245 g/mol. The highest BCUT2D eigenvalue weighted by Crippen LogP contribution is 2.19. The van der Waals surface area contributed by atoms with Crippen LogP contribution in [0.15, 0.2) is 0 Å². The molecule has 0 aromatic rings. The molecule has 3 nitrogen and oxygen atoms in total. The molecule has 1 aliphatic rings. The molecule has 0 saturated carbocycles. The number of nitrogens with zero attached hydrogens (tertiary/aromatic N) is 1. The van der Waals surface area contributed by atoms with Crippen LogP contribution in [0.25, 0.3) is 0 Å². The van der Waals surface area contributed by atoms with E-state index in [-0.39, 0.29) is 18.3 Å². The Morgan fingerprint density at radius 2 is 1.88 bits per heavy atom. The van der Waals surface area contributed by atoms with E-state index in [1.807, 2.05) is 0 Å². The first kappa shape index (κ1) is 15.5. The van der Waals surface area contributed by atoms with Crippen molar-refractivity contribution in [3.05, 3.63) is 0 Å². The first-order chi connectivity index (χ1) is 6.90. The number of halogens is 4. The molecule has 0 aromatic carbocycles. The molecule has 16 heavy (non-hydrogen) atoms. The normalized spacial score (nSPS) is 17.8. The monoisotopic (exact) mass is 260 g/mol. The number of nitrogens with one attached hydrogen (secondary N) is 1. The van der Waals surface area contributed by atoms with Crippen LogP contribution in [0.4, 0.5) is 13.2 Å². The molecule has 0 atom stereocenters. The summed E-state index contributed by atoms with van der Waals surface area (Å²) in [6, 6.07) is 0. The molecule has 0 aromatic heterocycles. The fraction of sp³-hybridized carbons (Fsp3) is 0.889. The fourth-order valence-corrected chi connectivity index (χ4v) is 1.73. The SMILES string of the molecule is CN(CC(F)(F)F)C(=O)C1CCNCC1.Cl. The summed E-state index contributed by atoms with van der Waals surface area (Å²) in [5, 5.41) is 3.06. The Labute approximate surface area is 98.8 Å². The van der Waals surface area contributed by atoms with Crippen molar-refractivity contribution in [1.82, 2.24) is 10.2 Å². The van der Waals surface area contributed by atoms with Crippen LogP contribution in [0, 0.1) is 5.92 Å². The van der Waals surface area contributed by atoms with Crippen molar-refractivity contribution in [2.24, 2.45) is 5.92 Å². The average molecular weight is 261 g/mol. The molecule has 1 saturated heterocycles. The first-order valence-corrected chi connectivity index (χ1v) is 4.92. The molecule has 1 aliphatic heterocycles. The largest absolute Gasteiger partial charge is 0.406 e. The van der Waals surface area contributed by atoms with E-state index in [4.69, 9.17) is 0 Å². The highest BCUT2D eigenvalue weighted by atomic mass is 35.5. The second kappa shape index (κ2) is 6.30. The van der Waals surface area contributed by atoms with Crippen LogP contribution >= 0.6 is 12.4 Å². The van der Waals surface area contributed by atoms with Crippen molar-refractivity contribution in [2.75, 3.05) is 26.7 Å². The maximum absolute atomic E-state index is 12.0. The van der Waals surface area contributed by atoms with Gasteiger partial charge in [0.1, 0.15) is 6.54 Å². The molecule has 96 valence electrons. The molecule has 1 amide bonds. The van der Waals surface area contributed by atoms with Gasteiger partial charge in [-0.25, -0.2) is 0 Å². The smallest absolute Gasteiger partial charge is 0.336 e. The van der Waals surface area contributed by atoms with E-state index < -0.39 is 18.6 Å². The molecule has 0 bridgehead atoms. The summed E-state index contributed by atoms with van der Waals surface area (Å²) in [5.41, 5.74) is 0. The summed E-state index contributed by atoms with van der Waals surface area (Å²) in [6.07, 6.45) is -3.06. The summed E-state index contributed by atoms with van der Waals surface area (Å²) in [5.74, 6) is -0.646. The van der Waals surface area contributed by atoms with E-state index in [0.717, 1.165) is 4.90 Å². The van der Waals surface area contributed by atoms with Gasteiger partial charge < -0.3 is 10.2 Å². The van der Waals surface area contributed by atoms with Crippen molar-refractivity contribution < 1.29 is 18.0 Å². The molecule has 0 spiro atoms. The van der Waals surface area contributed by atoms with Crippen LogP contribution in [0.5, 0.6) is 0 Å². The van der Waals surface area contributed by atoms with E-state index in [0.29, 0.717) is 25.9 Å². The minimum absolute atomic E-state index is 0. The third kappa shape index (κ3) is 5.03.